The lowest BCUT2D eigenvalue weighted by atomic mass is 10.1. The number of hydrogen-bond donors (Lipinski definition) is 0. The second kappa shape index (κ2) is 8.70. The van der Waals surface area contributed by atoms with Crippen LogP contribution in [0.25, 0.3) is 0 Å². The lowest BCUT2D eigenvalue weighted by Gasteiger charge is -2.20. The number of hydrogen-bond acceptors (Lipinski definition) is 3. The maximum Gasteiger partial charge on any atom is 0.573 e. The Balaban J connectivity index is 2.00. The molecule has 0 bridgehead atoms. The van der Waals surface area contributed by atoms with Gasteiger partial charge in [0.2, 0.25) is 5.91 Å². The first-order valence-electron chi connectivity index (χ1n) is 7.75. The third kappa shape index (κ3) is 6.76. The van der Waals surface area contributed by atoms with E-state index in [2.05, 4.69) is 9.47 Å². The van der Waals surface area contributed by atoms with Gasteiger partial charge in [0.25, 0.3) is 0 Å². The normalized spacial score (nSPS) is 11.4. The summed E-state index contributed by atoms with van der Waals surface area (Å²) in [7, 11) is 1.45. The number of ether oxygens (including phenoxy) is 2. The molecule has 0 spiro atoms. The summed E-state index contributed by atoms with van der Waals surface area (Å²) in [6.45, 7) is -3.03. The van der Waals surface area contributed by atoms with Gasteiger partial charge in [0.15, 0.2) is 0 Å². The Labute approximate surface area is 152 Å². The van der Waals surface area contributed by atoms with Crippen LogP contribution < -0.4 is 9.47 Å². The van der Waals surface area contributed by atoms with Crippen molar-refractivity contribution in [3.63, 3.8) is 0 Å². The maximum absolute atomic E-state index is 12.5. The summed E-state index contributed by atoms with van der Waals surface area (Å²) >= 11 is 0. The summed E-state index contributed by atoms with van der Waals surface area (Å²) in [5.74, 6) is -0.773. The molecule has 0 aliphatic carbocycles. The fraction of sp³-hybridized carbons (Fsp3) is 0.278. The molecule has 0 saturated carbocycles. The molecule has 9 heteroatoms. The number of carbonyl (C=O) groups is 1. The Morgan fingerprint density at radius 2 is 1.70 bits per heavy atom. The van der Waals surface area contributed by atoms with E-state index in [0.717, 1.165) is 0 Å². The van der Waals surface area contributed by atoms with Gasteiger partial charge in [0, 0.05) is 19.2 Å². The van der Waals surface area contributed by atoms with Crippen LogP contribution >= 0.6 is 0 Å². The summed E-state index contributed by atoms with van der Waals surface area (Å²) < 4.78 is 69.8. The number of para-hydroxylation sites is 1. The number of nitrogens with zero attached hydrogens (tertiary/aromatic N) is 1. The Hall–Kier alpha value is -2.84. The predicted molar refractivity (Wildman–Crippen MR) is 86.4 cm³/mol. The molecule has 1 amide bonds. The Morgan fingerprint density at radius 1 is 1.07 bits per heavy atom. The van der Waals surface area contributed by atoms with E-state index in [0.29, 0.717) is 5.56 Å². The molecule has 0 aromatic heterocycles. The van der Waals surface area contributed by atoms with Crippen molar-refractivity contribution in [2.24, 2.45) is 0 Å². The number of amides is 1. The molecule has 0 saturated heterocycles. The highest BCUT2D eigenvalue weighted by Gasteiger charge is 2.32. The molecule has 4 nitrogen and oxygen atoms in total. The minimum Gasteiger partial charge on any atom is -0.435 e. The topological polar surface area (TPSA) is 38.8 Å². The minimum atomic E-state index is -4.83. The number of likely N-dealkylation sites (N-methyl/N-ethyl adjacent to an activating group) is 1. The molecule has 0 unspecified atom stereocenters. The van der Waals surface area contributed by atoms with E-state index in [1.54, 1.807) is 6.07 Å². The molecule has 0 N–H and O–H groups in total. The highest BCUT2D eigenvalue weighted by atomic mass is 19.4. The van der Waals surface area contributed by atoms with E-state index >= 15 is 0 Å². The average Bonchev–Trinajstić information content (AvgIpc) is 2.56. The molecule has 0 heterocycles. The van der Waals surface area contributed by atoms with Crippen molar-refractivity contribution in [3.8, 4) is 11.5 Å². The number of benzene rings is 2. The molecule has 146 valence electrons. The first kappa shape index (κ1) is 20.5. The van der Waals surface area contributed by atoms with Gasteiger partial charge in [-0.25, -0.2) is 0 Å². The van der Waals surface area contributed by atoms with Gasteiger partial charge >= 0.3 is 13.0 Å². The van der Waals surface area contributed by atoms with Crippen LogP contribution in [-0.2, 0) is 17.8 Å². The SMILES string of the molecule is CN(Cc1ccccc1OC(F)(F)F)C(=O)Cc1ccc(OC(F)F)cc1. The molecule has 2 aromatic rings. The van der Waals surface area contributed by atoms with Gasteiger partial charge in [0.05, 0.1) is 6.42 Å². The van der Waals surface area contributed by atoms with Crippen molar-refractivity contribution < 1.29 is 36.2 Å². The molecule has 0 aliphatic heterocycles. The highest BCUT2D eigenvalue weighted by molar-refractivity contribution is 5.78. The standard InChI is InChI=1S/C18H16F5NO3/c1-24(11-13-4-2-3-5-15(13)27-18(21,22)23)16(25)10-12-6-8-14(9-7-12)26-17(19)20/h2-9,17H,10-11H2,1H3. The van der Waals surface area contributed by atoms with Crippen LogP contribution in [0.3, 0.4) is 0 Å². The van der Waals surface area contributed by atoms with Crippen LogP contribution in [0.5, 0.6) is 11.5 Å². The molecule has 2 rings (SSSR count). The lowest BCUT2D eigenvalue weighted by molar-refractivity contribution is -0.275. The van der Waals surface area contributed by atoms with E-state index in [-0.39, 0.29) is 35.9 Å². The highest BCUT2D eigenvalue weighted by Crippen LogP contribution is 2.27. The van der Waals surface area contributed by atoms with Crippen molar-refractivity contribution >= 4 is 5.91 Å². The number of rotatable bonds is 7. The third-order valence-electron chi connectivity index (χ3n) is 3.54. The molecule has 0 aliphatic rings. The zero-order valence-electron chi connectivity index (χ0n) is 14.2. The number of carbonyl (C=O) groups excluding carboxylic acids is 1. The van der Waals surface area contributed by atoms with Crippen LogP contribution in [0.2, 0.25) is 0 Å². The molecular weight excluding hydrogens is 373 g/mol. The van der Waals surface area contributed by atoms with E-state index in [1.165, 1.54) is 54.4 Å². The maximum atomic E-state index is 12.5. The van der Waals surface area contributed by atoms with Crippen LogP contribution in [0.15, 0.2) is 48.5 Å². The van der Waals surface area contributed by atoms with E-state index in [1.807, 2.05) is 0 Å². The fourth-order valence-corrected chi connectivity index (χ4v) is 2.30. The van der Waals surface area contributed by atoms with Gasteiger partial charge in [-0.2, -0.15) is 8.78 Å². The van der Waals surface area contributed by atoms with Gasteiger partial charge in [-0.15, -0.1) is 13.2 Å². The second-order valence-corrected chi connectivity index (χ2v) is 5.60. The van der Waals surface area contributed by atoms with Gasteiger partial charge in [0.1, 0.15) is 11.5 Å². The Kier molecular flexibility index (Phi) is 6.59. The fourth-order valence-electron chi connectivity index (χ4n) is 2.30. The Bertz CT molecular complexity index is 762. The molecule has 2 aromatic carbocycles. The van der Waals surface area contributed by atoms with Gasteiger partial charge < -0.3 is 14.4 Å². The largest absolute Gasteiger partial charge is 0.573 e. The predicted octanol–water partition coefficient (Wildman–Crippen LogP) is 4.39. The first-order valence-corrected chi connectivity index (χ1v) is 7.75. The van der Waals surface area contributed by atoms with Crippen LogP contribution in [-0.4, -0.2) is 30.8 Å². The summed E-state index contributed by atoms with van der Waals surface area (Å²) in [4.78, 5) is 13.5. The van der Waals surface area contributed by atoms with Gasteiger partial charge in [-0.3, -0.25) is 4.79 Å². The zero-order valence-corrected chi connectivity index (χ0v) is 14.2. The van der Waals surface area contributed by atoms with Gasteiger partial charge in [-0.1, -0.05) is 30.3 Å². The molecular formula is C18H16F5NO3. The summed E-state index contributed by atoms with van der Waals surface area (Å²) in [5, 5.41) is 0. The van der Waals surface area contributed by atoms with E-state index in [4.69, 9.17) is 0 Å². The molecule has 0 atom stereocenters. The second-order valence-electron chi connectivity index (χ2n) is 5.60. The monoisotopic (exact) mass is 389 g/mol. The van der Waals surface area contributed by atoms with Crippen molar-refractivity contribution in [1.29, 1.82) is 0 Å². The van der Waals surface area contributed by atoms with Crippen LogP contribution in [0.4, 0.5) is 22.0 Å². The quantitative estimate of drug-likeness (QED) is 0.660. The summed E-state index contributed by atoms with van der Waals surface area (Å²) in [6.07, 6.45) is -4.88. The molecule has 0 fully saturated rings. The zero-order chi connectivity index (χ0) is 20.0. The lowest BCUT2D eigenvalue weighted by Crippen LogP contribution is -2.28. The van der Waals surface area contributed by atoms with E-state index < -0.39 is 13.0 Å². The van der Waals surface area contributed by atoms with Crippen LogP contribution in [0, 0.1) is 0 Å². The van der Waals surface area contributed by atoms with Crippen molar-refractivity contribution in [2.45, 2.75) is 25.9 Å². The summed E-state index contributed by atoms with van der Waals surface area (Å²) in [6, 6.07) is 11.1. The van der Waals surface area contributed by atoms with Crippen molar-refractivity contribution in [2.75, 3.05) is 7.05 Å². The Morgan fingerprint density at radius 3 is 2.30 bits per heavy atom. The van der Waals surface area contributed by atoms with Crippen molar-refractivity contribution in [3.05, 3.63) is 59.7 Å². The van der Waals surface area contributed by atoms with Crippen LogP contribution in [0.1, 0.15) is 11.1 Å². The summed E-state index contributed by atoms with van der Waals surface area (Å²) in [5.41, 5.74) is 0.750. The van der Waals surface area contributed by atoms with E-state index in [9.17, 15) is 26.7 Å². The number of halogens is 5. The van der Waals surface area contributed by atoms with Gasteiger partial charge in [-0.05, 0) is 23.8 Å². The third-order valence-corrected chi connectivity index (χ3v) is 3.54. The smallest absolute Gasteiger partial charge is 0.435 e. The minimum absolute atomic E-state index is 0.0345. The van der Waals surface area contributed by atoms with Crippen molar-refractivity contribution in [1.82, 2.24) is 4.90 Å². The number of alkyl halides is 5. The molecule has 0 radical (unpaired) electrons. The average molecular weight is 389 g/mol. The first-order chi connectivity index (χ1) is 12.6. The molecule has 27 heavy (non-hydrogen) atoms.